The molecular weight excluding hydrogens is 676 g/mol. The third-order valence-corrected chi connectivity index (χ3v) is 16.5. The maximum absolute atomic E-state index is 15.2. The standard InChI is InChI=1S/C25H32ClFIN5O4SSi/c1-24(2,3)39(5,6)37-12-11-25(9-10-25)38(35,36)33-22-20(18(26)19-21(30-22)31(4)14-29-19)32(23(33)34)17-8-7-15(28)13-16(17)27/h7-8,13-14,19,21H,9-12H2,1-6H3. The van der Waals surface area contributed by atoms with Gasteiger partial charge in [0.05, 0.1) is 21.8 Å². The van der Waals surface area contributed by atoms with E-state index in [1.807, 2.05) is 22.6 Å². The summed E-state index contributed by atoms with van der Waals surface area (Å²) in [6, 6.07) is 3.73. The van der Waals surface area contributed by atoms with Gasteiger partial charge in [0.2, 0.25) is 10.0 Å². The van der Waals surface area contributed by atoms with Crippen molar-refractivity contribution in [3.05, 3.63) is 48.9 Å². The van der Waals surface area contributed by atoms with Gasteiger partial charge in [-0.2, -0.15) is 3.97 Å². The molecule has 0 N–H and O–H groups in total. The number of benzene rings is 1. The molecule has 1 aliphatic carbocycles. The number of hydrogen-bond donors (Lipinski definition) is 0. The zero-order valence-corrected chi connectivity index (χ0v) is 27.4. The second kappa shape index (κ2) is 9.50. The van der Waals surface area contributed by atoms with Crippen LogP contribution in [0.5, 0.6) is 0 Å². The number of nitrogens with zero attached hydrogens (tertiary/aromatic N) is 5. The van der Waals surface area contributed by atoms with Gasteiger partial charge >= 0.3 is 5.69 Å². The normalized spacial score (nSPS) is 22.1. The second-order valence-electron chi connectivity index (χ2n) is 12.0. The lowest BCUT2D eigenvalue weighted by Crippen LogP contribution is -2.49. The van der Waals surface area contributed by atoms with Crippen molar-refractivity contribution < 1.29 is 17.2 Å². The van der Waals surface area contributed by atoms with Gasteiger partial charge in [-0.25, -0.2) is 22.6 Å². The van der Waals surface area contributed by atoms with Gasteiger partial charge in [0.25, 0.3) is 0 Å². The summed E-state index contributed by atoms with van der Waals surface area (Å²) in [6.45, 7) is 10.9. The maximum atomic E-state index is 15.2. The Balaban J connectivity index is 1.67. The zero-order valence-electron chi connectivity index (χ0n) is 22.7. The molecule has 3 heterocycles. The van der Waals surface area contributed by atoms with Gasteiger partial charge in [0.15, 0.2) is 20.0 Å². The van der Waals surface area contributed by atoms with Crippen molar-refractivity contribution in [1.82, 2.24) is 13.4 Å². The summed E-state index contributed by atoms with van der Waals surface area (Å²) in [4.78, 5) is 24.8. The summed E-state index contributed by atoms with van der Waals surface area (Å²) in [5, 5.41) is 0.165. The third kappa shape index (κ3) is 4.55. The average Bonchev–Trinajstić information content (AvgIpc) is 3.44. The van der Waals surface area contributed by atoms with Crippen molar-refractivity contribution in [3.8, 4) is 5.69 Å². The maximum Gasteiger partial charge on any atom is 0.349 e. The van der Waals surface area contributed by atoms with Crippen LogP contribution < -0.4 is 16.5 Å². The first kappa shape index (κ1) is 29.0. The summed E-state index contributed by atoms with van der Waals surface area (Å²) in [6.07, 6.45) is 2.00. The first-order valence-corrected chi connectivity index (χ1v) is 18.5. The molecule has 1 aromatic carbocycles. The molecule has 3 aliphatic rings. The molecule has 2 aliphatic heterocycles. The quantitative estimate of drug-likeness (QED) is 0.326. The smallest absolute Gasteiger partial charge is 0.349 e. The Morgan fingerprint density at radius 1 is 1.28 bits per heavy atom. The minimum Gasteiger partial charge on any atom is -0.417 e. The van der Waals surface area contributed by atoms with E-state index in [1.165, 1.54) is 12.1 Å². The highest BCUT2D eigenvalue weighted by Crippen LogP contribution is 2.47. The average molecular weight is 708 g/mol. The topological polar surface area (TPSA) is 98.3 Å². The molecule has 0 amide bonds. The SMILES string of the molecule is CN1C=NC2C(Cl)=c3c(n(S(=O)(=O)C4(CCO[Si](C)(C)C(C)(C)C)CC4)c(=O)n3-c3ccc(I)cc3F)=NC21. The Morgan fingerprint density at radius 3 is 2.54 bits per heavy atom. The van der Waals surface area contributed by atoms with Crippen LogP contribution in [0.4, 0.5) is 4.39 Å². The summed E-state index contributed by atoms with van der Waals surface area (Å²) in [5.74, 6) is -0.677. The lowest BCUT2D eigenvalue weighted by molar-refractivity contribution is 0.277. The zero-order chi connectivity index (χ0) is 28.7. The Hall–Kier alpha value is -1.55. The van der Waals surface area contributed by atoms with E-state index in [0.717, 1.165) is 8.54 Å². The highest BCUT2D eigenvalue weighted by molar-refractivity contribution is 14.1. The van der Waals surface area contributed by atoms with Crippen LogP contribution in [0.1, 0.15) is 40.0 Å². The van der Waals surface area contributed by atoms with E-state index in [0.29, 0.717) is 16.4 Å². The van der Waals surface area contributed by atoms with Crippen LogP contribution >= 0.6 is 34.2 Å². The van der Waals surface area contributed by atoms with E-state index in [4.69, 9.17) is 16.0 Å². The van der Waals surface area contributed by atoms with Crippen molar-refractivity contribution in [1.29, 1.82) is 0 Å². The van der Waals surface area contributed by atoms with E-state index >= 15 is 4.39 Å². The van der Waals surface area contributed by atoms with Gasteiger partial charge < -0.3 is 9.33 Å². The van der Waals surface area contributed by atoms with E-state index in [9.17, 15) is 13.2 Å². The molecule has 0 bridgehead atoms. The largest absolute Gasteiger partial charge is 0.417 e. The first-order valence-electron chi connectivity index (χ1n) is 12.7. The third-order valence-electron chi connectivity index (χ3n) is 8.41. The molecule has 2 unspecified atom stereocenters. The van der Waals surface area contributed by atoms with Gasteiger partial charge in [-0.1, -0.05) is 32.4 Å². The highest BCUT2D eigenvalue weighted by atomic mass is 127. The van der Waals surface area contributed by atoms with Gasteiger partial charge in [0.1, 0.15) is 17.2 Å². The molecule has 1 fully saturated rings. The summed E-state index contributed by atoms with van der Waals surface area (Å²) in [5.41, 5.74) is -1.12. The summed E-state index contributed by atoms with van der Waals surface area (Å²) in [7, 11) is -4.61. The van der Waals surface area contributed by atoms with E-state index in [2.05, 4.69) is 43.9 Å². The number of halogens is 3. The molecule has 9 nitrogen and oxygen atoms in total. The molecule has 39 heavy (non-hydrogen) atoms. The fraction of sp³-hybridized carbons (Fsp3) is 0.560. The molecule has 0 saturated heterocycles. The van der Waals surface area contributed by atoms with Crippen molar-refractivity contribution in [2.45, 2.75) is 75.1 Å². The predicted octanol–water partition coefficient (Wildman–Crippen LogP) is 3.15. The Labute approximate surface area is 246 Å². The lowest BCUT2D eigenvalue weighted by atomic mass is 10.2. The van der Waals surface area contributed by atoms with Crippen LogP contribution in [0.15, 0.2) is 33.0 Å². The van der Waals surface area contributed by atoms with Gasteiger partial charge in [-0.15, -0.1) is 0 Å². The van der Waals surface area contributed by atoms with Crippen LogP contribution in [0.2, 0.25) is 18.1 Å². The second-order valence-corrected chi connectivity index (χ2v) is 20.6. The van der Waals surface area contributed by atoms with Crippen molar-refractivity contribution in [3.63, 3.8) is 0 Å². The Kier molecular flexibility index (Phi) is 7.05. The molecule has 1 aromatic heterocycles. The lowest BCUT2D eigenvalue weighted by Gasteiger charge is -2.36. The fourth-order valence-corrected chi connectivity index (χ4v) is 8.58. The Morgan fingerprint density at radius 2 is 1.95 bits per heavy atom. The molecule has 5 rings (SSSR count). The van der Waals surface area contributed by atoms with E-state index in [1.54, 1.807) is 24.4 Å². The van der Waals surface area contributed by atoms with E-state index in [-0.39, 0.29) is 39.6 Å². The number of aromatic nitrogens is 2. The van der Waals surface area contributed by atoms with Crippen LogP contribution in [0.3, 0.4) is 0 Å². The fourth-order valence-electron chi connectivity index (χ4n) is 4.75. The molecular formula is C25H32ClFIN5O4SSi. The molecule has 2 atom stereocenters. The molecule has 0 radical (unpaired) electrons. The van der Waals surface area contributed by atoms with Crippen LogP contribution in [-0.2, 0) is 14.4 Å². The number of hydrogen-bond acceptors (Lipinski definition) is 7. The molecule has 212 valence electrons. The van der Waals surface area contributed by atoms with Crippen LogP contribution in [-0.4, -0.2) is 67.1 Å². The van der Waals surface area contributed by atoms with Crippen LogP contribution in [0, 0.1) is 9.39 Å². The number of likely N-dealkylation sites (N-methyl/N-ethyl adjacent to an activating group) is 1. The molecule has 0 spiro atoms. The van der Waals surface area contributed by atoms with Crippen LogP contribution in [0.25, 0.3) is 10.7 Å². The van der Waals surface area contributed by atoms with Gasteiger partial charge in [-0.3, -0.25) is 9.56 Å². The Bertz CT molecular complexity index is 1680. The van der Waals surface area contributed by atoms with Gasteiger partial charge in [0, 0.05) is 17.2 Å². The first-order chi connectivity index (χ1) is 18.0. The highest BCUT2D eigenvalue weighted by Gasteiger charge is 2.57. The number of fused-ring (bicyclic) bond motifs is 2. The monoisotopic (exact) mass is 707 g/mol. The molecule has 2 aromatic rings. The van der Waals surface area contributed by atoms with Gasteiger partial charge in [-0.05, 0) is 78.2 Å². The van der Waals surface area contributed by atoms with Crippen molar-refractivity contribution in [2.24, 2.45) is 9.98 Å². The predicted molar refractivity (Wildman–Crippen MR) is 161 cm³/mol. The number of imidazole rings is 1. The minimum atomic E-state index is -4.26. The van der Waals surface area contributed by atoms with E-state index < -0.39 is 46.8 Å². The van der Waals surface area contributed by atoms with Crippen molar-refractivity contribution in [2.75, 3.05) is 13.7 Å². The molecule has 1 saturated carbocycles. The molecule has 14 heteroatoms. The summed E-state index contributed by atoms with van der Waals surface area (Å²) < 4.78 is 51.3. The number of rotatable bonds is 7. The minimum absolute atomic E-state index is 0.0230. The number of aliphatic imine (C=N–C) groups is 1. The summed E-state index contributed by atoms with van der Waals surface area (Å²) >= 11 is 8.77. The van der Waals surface area contributed by atoms with Crippen molar-refractivity contribution >= 4 is 63.9 Å².